The summed E-state index contributed by atoms with van der Waals surface area (Å²) in [5, 5.41) is 1.45. The molecule has 0 radical (unpaired) electrons. The molecule has 4 rings (SSSR count). The van der Waals surface area contributed by atoms with Gasteiger partial charge in [-0.05, 0) is 54.6 Å². The van der Waals surface area contributed by atoms with Crippen LogP contribution in [-0.4, -0.2) is 54.9 Å². The minimum absolute atomic E-state index is 0.229. The van der Waals surface area contributed by atoms with Crippen molar-refractivity contribution in [1.29, 1.82) is 0 Å². The van der Waals surface area contributed by atoms with E-state index in [9.17, 15) is 8.42 Å². The third-order valence-electron chi connectivity index (χ3n) is 5.41. The van der Waals surface area contributed by atoms with Gasteiger partial charge in [0.05, 0.1) is 10.4 Å². The Kier molecular flexibility index (Phi) is 5.47. The molecule has 2 aromatic carbocycles. The van der Waals surface area contributed by atoms with Gasteiger partial charge in [-0.3, -0.25) is 4.90 Å². The van der Waals surface area contributed by atoms with Crippen LogP contribution in [0.4, 0.5) is 0 Å². The lowest BCUT2D eigenvalue weighted by Gasteiger charge is -2.34. The van der Waals surface area contributed by atoms with Crippen LogP contribution in [0.15, 0.2) is 59.6 Å². The summed E-state index contributed by atoms with van der Waals surface area (Å²) in [7, 11) is -3.65. The highest BCUT2D eigenvalue weighted by Crippen LogP contribution is 2.24. The van der Waals surface area contributed by atoms with E-state index in [0.29, 0.717) is 10.5 Å². The molecule has 2 heterocycles. The van der Waals surface area contributed by atoms with Gasteiger partial charge < -0.3 is 4.90 Å². The largest absolute Gasteiger partial charge is 0.301 e. The van der Waals surface area contributed by atoms with Gasteiger partial charge in [0.25, 0.3) is 10.0 Å². The number of fused-ring (bicyclic) bond motifs is 1. The summed E-state index contributed by atoms with van der Waals surface area (Å²) in [6.45, 7) is 8.54. The lowest BCUT2D eigenvalue weighted by atomic mass is 10.1. The van der Waals surface area contributed by atoms with Crippen LogP contribution in [0, 0.1) is 0 Å². The van der Waals surface area contributed by atoms with Crippen LogP contribution in [0.2, 0.25) is 5.02 Å². The molecule has 0 atom stereocenters. The fourth-order valence-electron chi connectivity index (χ4n) is 3.72. The Labute approximate surface area is 171 Å². The maximum absolute atomic E-state index is 13.0. The van der Waals surface area contributed by atoms with Crippen molar-refractivity contribution >= 4 is 32.5 Å². The molecular formula is C21H24ClN3O2S. The molecule has 148 valence electrons. The van der Waals surface area contributed by atoms with Gasteiger partial charge in [0.1, 0.15) is 0 Å². The van der Waals surface area contributed by atoms with Crippen molar-refractivity contribution in [3.05, 3.63) is 65.3 Å². The monoisotopic (exact) mass is 417 g/mol. The number of nitrogens with zero attached hydrogens (tertiary/aromatic N) is 3. The van der Waals surface area contributed by atoms with Crippen molar-refractivity contribution in [2.24, 2.45) is 0 Å². The Hall–Kier alpha value is -1.86. The quantitative estimate of drug-likeness (QED) is 0.635. The van der Waals surface area contributed by atoms with Gasteiger partial charge in [-0.25, -0.2) is 12.4 Å². The first-order chi connectivity index (χ1) is 13.5. The average molecular weight is 418 g/mol. The minimum Gasteiger partial charge on any atom is -0.301 e. The Bertz CT molecular complexity index is 1070. The minimum atomic E-state index is -3.65. The van der Waals surface area contributed by atoms with Gasteiger partial charge in [-0.15, -0.1) is 0 Å². The second-order valence-corrected chi connectivity index (χ2v) is 9.43. The van der Waals surface area contributed by atoms with Crippen LogP contribution in [0.25, 0.3) is 10.9 Å². The Morgan fingerprint density at radius 2 is 1.61 bits per heavy atom. The van der Waals surface area contributed by atoms with Crippen molar-refractivity contribution in [1.82, 2.24) is 13.8 Å². The highest BCUT2D eigenvalue weighted by atomic mass is 35.5. The van der Waals surface area contributed by atoms with Gasteiger partial charge in [0.15, 0.2) is 0 Å². The van der Waals surface area contributed by atoms with E-state index in [1.54, 1.807) is 18.3 Å². The van der Waals surface area contributed by atoms with Crippen molar-refractivity contribution < 1.29 is 8.42 Å². The summed E-state index contributed by atoms with van der Waals surface area (Å²) >= 11 is 5.89. The molecule has 0 saturated carbocycles. The van der Waals surface area contributed by atoms with Crippen molar-refractivity contribution in [3.63, 3.8) is 0 Å². The summed E-state index contributed by atoms with van der Waals surface area (Å²) in [5.41, 5.74) is 1.90. The molecule has 1 aromatic heterocycles. The summed E-state index contributed by atoms with van der Waals surface area (Å²) in [6.07, 6.45) is 1.62. The zero-order chi connectivity index (χ0) is 19.7. The van der Waals surface area contributed by atoms with Crippen LogP contribution < -0.4 is 0 Å². The fourth-order valence-corrected chi connectivity index (χ4v) is 5.20. The Morgan fingerprint density at radius 1 is 0.929 bits per heavy atom. The second kappa shape index (κ2) is 7.87. The molecule has 28 heavy (non-hydrogen) atoms. The van der Waals surface area contributed by atoms with Gasteiger partial charge >= 0.3 is 0 Å². The van der Waals surface area contributed by atoms with Crippen molar-refractivity contribution in [3.8, 4) is 0 Å². The van der Waals surface area contributed by atoms with E-state index in [-0.39, 0.29) is 4.90 Å². The molecule has 0 aliphatic carbocycles. The molecule has 0 spiro atoms. The standard InChI is InChI=1S/C21H24ClN3O2S/c1-2-23-11-13-24(14-12-23)16-17-3-8-21-18(15-17)9-10-25(21)28(26,27)20-6-4-19(22)5-7-20/h3-10,15H,2,11-14,16H2,1H3. The SMILES string of the molecule is CCN1CCN(Cc2ccc3c(ccn3S(=O)(=O)c3ccc(Cl)cc3)c2)CC1. The van der Waals surface area contributed by atoms with Crippen LogP contribution in [-0.2, 0) is 16.6 Å². The highest BCUT2D eigenvalue weighted by molar-refractivity contribution is 7.90. The summed E-state index contributed by atoms with van der Waals surface area (Å²) in [4.78, 5) is 5.14. The van der Waals surface area contributed by atoms with Gasteiger partial charge in [0, 0.05) is 49.3 Å². The zero-order valence-electron chi connectivity index (χ0n) is 15.9. The van der Waals surface area contributed by atoms with Crippen LogP contribution >= 0.6 is 11.6 Å². The molecule has 5 nitrogen and oxygen atoms in total. The number of hydrogen-bond donors (Lipinski definition) is 0. The Balaban J connectivity index is 1.57. The molecule has 1 fully saturated rings. The lowest BCUT2D eigenvalue weighted by Crippen LogP contribution is -2.45. The number of rotatable bonds is 5. The first-order valence-electron chi connectivity index (χ1n) is 9.53. The summed E-state index contributed by atoms with van der Waals surface area (Å²) in [6, 6.07) is 14.1. The van der Waals surface area contributed by atoms with Gasteiger partial charge in [0.2, 0.25) is 0 Å². The third kappa shape index (κ3) is 3.82. The maximum Gasteiger partial charge on any atom is 0.268 e. The number of piperazine rings is 1. The smallest absolute Gasteiger partial charge is 0.268 e. The average Bonchev–Trinajstić information content (AvgIpc) is 3.13. The van der Waals surface area contributed by atoms with E-state index in [0.717, 1.165) is 44.7 Å². The number of likely N-dealkylation sites (N-methyl/N-ethyl adjacent to an activating group) is 1. The number of halogens is 1. The highest BCUT2D eigenvalue weighted by Gasteiger charge is 2.20. The van der Waals surface area contributed by atoms with E-state index >= 15 is 0 Å². The molecule has 0 N–H and O–H groups in total. The predicted octanol–water partition coefficient (Wildman–Crippen LogP) is 3.67. The van der Waals surface area contributed by atoms with E-state index in [4.69, 9.17) is 11.6 Å². The molecule has 0 unspecified atom stereocenters. The van der Waals surface area contributed by atoms with E-state index in [2.05, 4.69) is 22.8 Å². The third-order valence-corrected chi connectivity index (χ3v) is 7.36. The van der Waals surface area contributed by atoms with E-state index in [1.807, 2.05) is 18.2 Å². The van der Waals surface area contributed by atoms with Gasteiger partial charge in [-0.2, -0.15) is 0 Å². The summed E-state index contributed by atoms with van der Waals surface area (Å²) in [5.74, 6) is 0. The van der Waals surface area contributed by atoms with Crippen LogP contribution in [0.1, 0.15) is 12.5 Å². The number of aromatic nitrogens is 1. The van der Waals surface area contributed by atoms with Crippen LogP contribution in [0.5, 0.6) is 0 Å². The predicted molar refractivity (Wildman–Crippen MR) is 113 cm³/mol. The number of benzene rings is 2. The van der Waals surface area contributed by atoms with Crippen molar-refractivity contribution in [2.45, 2.75) is 18.4 Å². The number of hydrogen-bond acceptors (Lipinski definition) is 4. The fraction of sp³-hybridized carbons (Fsp3) is 0.333. The molecule has 1 aliphatic heterocycles. The van der Waals surface area contributed by atoms with Gasteiger partial charge in [-0.1, -0.05) is 24.6 Å². The van der Waals surface area contributed by atoms with Crippen molar-refractivity contribution in [2.75, 3.05) is 32.7 Å². The molecule has 3 aromatic rings. The normalized spacial score (nSPS) is 16.6. The second-order valence-electron chi connectivity index (χ2n) is 7.17. The first-order valence-corrected chi connectivity index (χ1v) is 11.3. The molecule has 0 amide bonds. The lowest BCUT2D eigenvalue weighted by molar-refractivity contribution is 0.132. The molecular weight excluding hydrogens is 394 g/mol. The van der Waals surface area contributed by atoms with Crippen LogP contribution in [0.3, 0.4) is 0 Å². The van der Waals surface area contributed by atoms with E-state index < -0.39 is 10.0 Å². The maximum atomic E-state index is 13.0. The Morgan fingerprint density at radius 3 is 2.29 bits per heavy atom. The topological polar surface area (TPSA) is 45.5 Å². The molecule has 7 heteroatoms. The molecule has 1 saturated heterocycles. The van der Waals surface area contributed by atoms with E-state index in [1.165, 1.54) is 21.7 Å². The molecule has 0 bridgehead atoms. The molecule has 1 aliphatic rings. The summed E-state index contributed by atoms with van der Waals surface area (Å²) < 4.78 is 27.3. The first kappa shape index (κ1) is 19.5. The zero-order valence-corrected chi connectivity index (χ0v) is 17.5.